The number of anilines is 1. The standard InChI is InChI=1S/C21H22FN3O/c22-19-5-3-4-18-16(14-24-20(18)19)10-11-23-21(26)15-6-8-17(9-7-15)25-12-1-2-13-25/h3-9,14,24H,1-2,10-13H2,(H,23,26). The van der Waals surface area contributed by atoms with Gasteiger partial charge in [0.25, 0.3) is 5.91 Å². The summed E-state index contributed by atoms with van der Waals surface area (Å²) in [5.41, 5.74) is 3.37. The SMILES string of the molecule is O=C(NCCc1c[nH]c2c(F)cccc12)c1ccc(N2CCCC2)cc1. The van der Waals surface area contributed by atoms with Crippen LogP contribution in [0.1, 0.15) is 28.8 Å². The van der Waals surface area contributed by atoms with E-state index in [1.165, 1.54) is 24.6 Å². The second-order valence-electron chi connectivity index (χ2n) is 6.72. The van der Waals surface area contributed by atoms with Gasteiger partial charge in [-0.05, 0) is 55.2 Å². The molecule has 2 aromatic carbocycles. The van der Waals surface area contributed by atoms with Gasteiger partial charge >= 0.3 is 0 Å². The monoisotopic (exact) mass is 351 g/mol. The first-order valence-electron chi connectivity index (χ1n) is 9.10. The average Bonchev–Trinajstić information content (AvgIpc) is 3.33. The molecule has 3 aromatic rings. The number of nitrogens with zero attached hydrogens (tertiary/aromatic N) is 1. The third-order valence-corrected chi connectivity index (χ3v) is 5.03. The molecule has 5 heteroatoms. The van der Waals surface area contributed by atoms with Gasteiger partial charge in [-0.2, -0.15) is 0 Å². The summed E-state index contributed by atoms with van der Waals surface area (Å²) < 4.78 is 13.7. The van der Waals surface area contributed by atoms with Crippen molar-refractivity contribution in [1.82, 2.24) is 10.3 Å². The Morgan fingerprint density at radius 3 is 2.65 bits per heavy atom. The second-order valence-corrected chi connectivity index (χ2v) is 6.72. The number of hydrogen-bond acceptors (Lipinski definition) is 2. The highest BCUT2D eigenvalue weighted by atomic mass is 19.1. The van der Waals surface area contributed by atoms with E-state index in [1.54, 1.807) is 6.07 Å². The molecule has 2 N–H and O–H groups in total. The quantitative estimate of drug-likeness (QED) is 0.733. The molecule has 0 radical (unpaired) electrons. The van der Waals surface area contributed by atoms with Crippen LogP contribution in [0.4, 0.5) is 10.1 Å². The van der Waals surface area contributed by atoms with Crippen LogP contribution >= 0.6 is 0 Å². The summed E-state index contributed by atoms with van der Waals surface area (Å²) in [5.74, 6) is -0.333. The first-order valence-corrected chi connectivity index (χ1v) is 9.10. The number of fused-ring (bicyclic) bond motifs is 1. The van der Waals surface area contributed by atoms with Crippen LogP contribution in [-0.2, 0) is 6.42 Å². The largest absolute Gasteiger partial charge is 0.372 e. The highest BCUT2D eigenvalue weighted by Gasteiger charge is 2.13. The minimum atomic E-state index is -0.254. The van der Waals surface area contributed by atoms with Crippen LogP contribution in [0, 0.1) is 5.82 Å². The van der Waals surface area contributed by atoms with Crippen LogP contribution in [0.15, 0.2) is 48.7 Å². The summed E-state index contributed by atoms with van der Waals surface area (Å²) in [4.78, 5) is 17.6. The van der Waals surface area contributed by atoms with Crippen LogP contribution in [0.3, 0.4) is 0 Å². The summed E-state index contributed by atoms with van der Waals surface area (Å²) in [7, 11) is 0. The normalized spacial score (nSPS) is 14.1. The number of nitrogens with one attached hydrogen (secondary N) is 2. The highest BCUT2D eigenvalue weighted by molar-refractivity contribution is 5.94. The van der Waals surface area contributed by atoms with Crippen LogP contribution in [0.2, 0.25) is 0 Å². The number of carbonyl (C=O) groups excluding carboxylic acids is 1. The molecule has 4 rings (SSSR count). The maximum absolute atomic E-state index is 13.7. The number of halogens is 1. The number of aromatic nitrogens is 1. The van der Waals surface area contributed by atoms with Crippen LogP contribution < -0.4 is 10.2 Å². The predicted octanol–water partition coefficient (Wildman–Crippen LogP) is 3.88. The summed E-state index contributed by atoms with van der Waals surface area (Å²) in [6, 6.07) is 12.8. The molecule has 1 aromatic heterocycles. The van der Waals surface area contributed by atoms with Crippen molar-refractivity contribution >= 4 is 22.5 Å². The van der Waals surface area contributed by atoms with Crippen LogP contribution in [-0.4, -0.2) is 30.5 Å². The molecule has 1 aliphatic heterocycles. The number of para-hydroxylation sites is 1. The van der Waals surface area contributed by atoms with Gasteiger partial charge in [-0.3, -0.25) is 4.79 Å². The van der Waals surface area contributed by atoms with Gasteiger partial charge in [0.1, 0.15) is 5.82 Å². The van der Waals surface area contributed by atoms with Gasteiger partial charge in [0.15, 0.2) is 0 Å². The number of amides is 1. The van der Waals surface area contributed by atoms with E-state index < -0.39 is 0 Å². The molecule has 26 heavy (non-hydrogen) atoms. The number of H-pyrrole nitrogens is 1. The molecule has 0 spiro atoms. The van der Waals surface area contributed by atoms with Gasteiger partial charge in [0.05, 0.1) is 5.52 Å². The molecule has 0 saturated carbocycles. The minimum Gasteiger partial charge on any atom is -0.372 e. The van der Waals surface area contributed by atoms with Gasteiger partial charge in [-0.1, -0.05) is 12.1 Å². The van der Waals surface area contributed by atoms with Crippen LogP contribution in [0.5, 0.6) is 0 Å². The van der Waals surface area contributed by atoms with Crippen molar-refractivity contribution in [2.75, 3.05) is 24.5 Å². The van der Waals surface area contributed by atoms with E-state index in [0.29, 0.717) is 24.0 Å². The Labute approximate surface area is 152 Å². The lowest BCUT2D eigenvalue weighted by molar-refractivity contribution is 0.0954. The van der Waals surface area contributed by atoms with E-state index >= 15 is 0 Å². The number of aromatic amines is 1. The minimum absolute atomic E-state index is 0.0796. The molecule has 1 fully saturated rings. The third-order valence-electron chi connectivity index (χ3n) is 5.03. The molecular formula is C21H22FN3O. The van der Waals surface area contributed by atoms with Crippen molar-refractivity contribution in [3.05, 3.63) is 65.6 Å². The zero-order chi connectivity index (χ0) is 17.9. The number of hydrogen-bond donors (Lipinski definition) is 2. The van der Waals surface area contributed by atoms with Gasteiger partial charge in [-0.15, -0.1) is 0 Å². The fourth-order valence-electron chi connectivity index (χ4n) is 3.59. The summed E-state index contributed by atoms with van der Waals surface area (Å²) >= 11 is 0. The van der Waals surface area contributed by atoms with Crippen molar-refractivity contribution < 1.29 is 9.18 Å². The number of rotatable bonds is 5. The smallest absolute Gasteiger partial charge is 0.251 e. The predicted molar refractivity (Wildman–Crippen MR) is 102 cm³/mol. The fraction of sp³-hybridized carbons (Fsp3) is 0.286. The van der Waals surface area contributed by atoms with Crippen molar-refractivity contribution in [2.24, 2.45) is 0 Å². The van der Waals surface area contributed by atoms with Crippen LogP contribution in [0.25, 0.3) is 10.9 Å². The molecule has 0 unspecified atom stereocenters. The first kappa shape index (κ1) is 16.6. The molecule has 2 heterocycles. The Morgan fingerprint density at radius 2 is 1.88 bits per heavy atom. The van der Waals surface area contributed by atoms with E-state index in [0.717, 1.165) is 24.0 Å². The van der Waals surface area contributed by atoms with E-state index in [-0.39, 0.29) is 11.7 Å². The van der Waals surface area contributed by atoms with Gasteiger partial charge in [-0.25, -0.2) is 4.39 Å². The topological polar surface area (TPSA) is 48.1 Å². The lowest BCUT2D eigenvalue weighted by Gasteiger charge is -2.17. The lowest BCUT2D eigenvalue weighted by atomic mass is 10.1. The van der Waals surface area contributed by atoms with E-state index in [2.05, 4.69) is 15.2 Å². The Bertz CT molecular complexity index is 911. The van der Waals surface area contributed by atoms with Gasteiger partial charge in [0, 0.05) is 42.5 Å². The molecule has 0 bridgehead atoms. The molecular weight excluding hydrogens is 329 g/mol. The fourth-order valence-corrected chi connectivity index (χ4v) is 3.59. The molecule has 4 nitrogen and oxygen atoms in total. The number of carbonyl (C=O) groups is 1. The molecule has 0 atom stereocenters. The molecule has 134 valence electrons. The van der Waals surface area contributed by atoms with Crippen molar-refractivity contribution in [3.63, 3.8) is 0 Å². The maximum atomic E-state index is 13.7. The molecule has 1 amide bonds. The number of benzene rings is 2. The Hall–Kier alpha value is -2.82. The first-order chi connectivity index (χ1) is 12.7. The van der Waals surface area contributed by atoms with Crippen molar-refractivity contribution in [3.8, 4) is 0 Å². The summed E-state index contributed by atoms with van der Waals surface area (Å²) in [5, 5.41) is 3.82. The Kier molecular flexibility index (Phi) is 4.61. The molecule has 1 saturated heterocycles. The van der Waals surface area contributed by atoms with E-state index in [9.17, 15) is 9.18 Å². The Morgan fingerprint density at radius 1 is 1.12 bits per heavy atom. The highest BCUT2D eigenvalue weighted by Crippen LogP contribution is 2.22. The zero-order valence-electron chi connectivity index (χ0n) is 14.6. The van der Waals surface area contributed by atoms with E-state index in [1.807, 2.05) is 36.5 Å². The second kappa shape index (κ2) is 7.20. The van der Waals surface area contributed by atoms with Gasteiger partial charge in [0.2, 0.25) is 0 Å². The maximum Gasteiger partial charge on any atom is 0.251 e. The van der Waals surface area contributed by atoms with Crippen molar-refractivity contribution in [2.45, 2.75) is 19.3 Å². The zero-order valence-corrected chi connectivity index (χ0v) is 14.6. The van der Waals surface area contributed by atoms with Crippen molar-refractivity contribution in [1.29, 1.82) is 0 Å². The van der Waals surface area contributed by atoms with Gasteiger partial charge < -0.3 is 15.2 Å². The summed E-state index contributed by atoms with van der Waals surface area (Å²) in [6.45, 7) is 2.70. The van der Waals surface area contributed by atoms with E-state index in [4.69, 9.17) is 0 Å². The lowest BCUT2D eigenvalue weighted by Crippen LogP contribution is -2.25. The molecule has 0 aliphatic carbocycles. The Balaban J connectivity index is 1.35. The average molecular weight is 351 g/mol. The molecule has 1 aliphatic rings. The third kappa shape index (κ3) is 3.29. The summed E-state index contributed by atoms with van der Waals surface area (Å²) in [6.07, 6.45) is 4.94.